The van der Waals surface area contributed by atoms with Crippen LogP contribution in [-0.4, -0.2) is 21.4 Å². The highest BCUT2D eigenvalue weighted by Crippen LogP contribution is 2.26. The molecule has 2 unspecified atom stereocenters. The molecule has 0 amide bonds. The molecule has 0 aromatic rings. The summed E-state index contributed by atoms with van der Waals surface area (Å²) in [5.41, 5.74) is -1.56. The number of rotatable bonds is 5. The normalized spacial score (nSPS) is 20.8. The van der Waals surface area contributed by atoms with Gasteiger partial charge in [-0.2, -0.15) is 0 Å². The fourth-order valence-corrected chi connectivity index (χ4v) is 0.897. The highest BCUT2D eigenvalue weighted by atomic mass is 16.3. The molecule has 78 valence electrons. The fourth-order valence-electron chi connectivity index (χ4n) is 0.897. The van der Waals surface area contributed by atoms with Gasteiger partial charge in [0, 0.05) is 0 Å². The van der Waals surface area contributed by atoms with Gasteiger partial charge in [-0.25, -0.2) is 0 Å². The lowest BCUT2D eigenvalue weighted by Crippen LogP contribution is -2.34. The highest BCUT2D eigenvalue weighted by molar-refractivity contribution is 4.93. The van der Waals surface area contributed by atoms with Gasteiger partial charge in [0.25, 0.3) is 0 Å². The zero-order chi connectivity index (χ0) is 10.7. The van der Waals surface area contributed by atoms with Crippen LogP contribution < -0.4 is 0 Å². The van der Waals surface area contributed by atoms with Crippen molar-refractivity contribution in [3.63, 3.8) is 0 Å². The van der Waals surface area contributed by atoms with E-state index >= 15 is 0 Å². The van der Waals surface area contributed by atoms with Crippen molar-refractivity contribution in [2.75, 3.05) is 0 Å². The maximum Gasteiger partial charge on any atom is 0.0798 e. The monoisotopic (exact) mass is 186 g/mol. The molecule has 2 nitrogen and oxygen atoms in total. The Labute approximate surface area is 81.3 Å². The van der Waals surface area contributed by atoms with Crippen molar-refractivity contribution in [2.45, 2.75) is 51.7 Å². The van der Waals surface area contributed by atoms with E-state index in [-0.39, 0.29) is 5.92 Å². The molecule has 0 fully saturated rings. The maximum atomic E-state index is 9.91. The first kappa shape index (κ1) is 12.7. The molecule has 0 spiro atoms. The average molecular weight is 186 g/mol. The predicted octanol–water partition coefficient (Wildman–Crippen LogP) is 2.11. The average Bonchev–Trinajstić information content (AvgIpc) is 2.01. The van der Waals surface area contributed by atoms with Crippen LogP contribution in [0.15, 0.2) is 12.7 Å². The van der Waals surface area contributed by atoms with E-state index in [0.29, 0.717) is 12.8 Å². The zero-order valence-corrected chi connectivity index (χ0v) is 9.17. The topological polar surface area (TPSA) is 40.5 Å². The van der Waals surface area contributed by atoms with Gasteiger partial charge in [-0.1, -0.05) is 19.9 Å². The smallest absolute Gasteiger partial charge is 0.0798 e. The van der Waals surface area contributed by atoms with Crippen molar-refractivity contribution in [3.05, 3.63) is 12.7 Å². The molecule has 0 saturated carbocycles. The van der Waals surface area contributed by atoms with Crippen molar-refractivity contribution in [1.29, 1.82) is 0 Å². The first-order valence-electron chi connectivity index (χ1n) is 4.79. The molecule has 0 aliphatic heterocycles. The van der Waals surface area contributed by atoms with Crippen LogP contribution in [0.25, 0.3) is 0 Å². The summed E-state index contributed by atoms with van der Waals surface area (Å²) in [4.78, 5) is 0. The van der Waals surface area contributed by atoms with Crippen LogP contribution in [0.3, 0.4) is 0 Å². The molecular formula is C11H22O2. The molecule has 0 bridgehead atoms. The van der Waals surface area contributed by atoms with Gasteiger partial charge in [0.2, 0.25) is 0 Å². The van der Waals surface area contributed by atoms with Gasteiger partial charge in [0.15, 0.2) is 0 Å². The first-order chi connectivity index (χ1) is 5.71. The standard InChI is InChI=1S/C11H22O2/c1-6-10(4,12)7-8-11(5,13)9(2)3/h6,9,12-13H,1,7-8H2,2-5H3. The van der Waals surface area contributed by atoms with Crippen molar-refractivity contribution < 1.29 is 10.2 Å². The van der Waals surface area contributed by atoms with Gasteiger partial charge in [0.05, 0.1) is 11.2 Å². The fraction of sp³-hybridized carbons (Fsp3) is 0.818. The summed E-state index contributed by atoms with van der Waals surface area (Å²) in [5, 5.41) is 19.5. The van der Waals surface area contributed by atoms with Crippen LogP contribution in [0, 0.1) is 5.92 Å². The summed E-state index contributed by atoms with van der Waals surface area (Å²) >= 11 is 0. The minimum atomic E-state index is -0.862. The molecule has 0 saturated heterocycles. The Kier molecular flexibility index (Phi) is 4.14. The van der Waals surface area contributed by atoms with Crippen LogP contribution in [0.2, 0.25) is 0 Å². The molecule has 2 atom stereocenters. The predicted molar refractivity (Wildman–Crippen MR) is 55.5 cm³/mol. The van der Waals surface area contributed by atoms with E-state index in [1.807, 2.05) is 13.8 Å². The summed E-state index contributed by atoms with van der Waals surface area (Å²) in [6.07, 6.45) is 2.65. The van der Waals surface area contributed by atoms with Crippen molar-refractivity contribution in [3.8, 4) is 0 Å². The maximum absolute atomic E-state index is 9.91. The minimum Gasteiger partial charge on any atom is -0.390 e. The lowest BCUT2D eigenvalue weighted by Gasteiger charge is -2.30. The van der Waals surface area contributed by atoms with Crippen LogP contribution in [0.5, 0.6) is 0 Å². The molecule has 13 heavy (non-hydrogen) atoms. The van der Waals surface area contributed by atoms with Crippen LogP contribution >= 0.6 is 0 Å². The lowest BCUT2D eigenvalue weighted by molar-refractivity contribution is -0.0163. The molecule has 2 heteroatoms. The van der Waals surface area contributed by atoms with Gasteiger partial charge in [0.1, 0.15) is 0 Å². The number of hydrogen-bond donors (Lipinski definition) is 2. The third-order valence-electron chi connectivity index (χ3n) is 2.82. The van der Waals surface area contributed by atoms with E-state index in [1.54, 1.807) is 13.8 Å². The second-order valence-corrected chi connectivity index (χ2v) is 4.57. The summed E-state index contributed by atoms with van der Waals surface area (Å²) in [5.74, 6) is 0.202. The summed E-state index contributed by atoms with van der Waals surface area (Å²) in [6, 6.07) is 0. The molecule has 0 aromatic heterocycles. The van der Waals surface area contributed by atoms with Crippen LogP contribution in [0.1, 0.15) is 40.5 Å². The third-order valence-corrected chi connectivity index (χ3v) is 2.82. The van der Waals surface area contributed by atoms with Gasteiger partial charge in [-0.3, -0.25) is 0 Å². The van der Waals surface area contributed by atoms with E-state index in [9.17, 15) is 10.2 Å². The van der Waals surface area contributed by atoms with Crippen molar-refractivity contribution >= 4 is 0 Å². The van der Waals surface area contributed by atoms with Gasteiger partial charge >= 0.3 is 0 Å². The molecule has 0 heterocycles. The molecule has 0 aliphatic carbocycles. The molecule has 0 aliphatic rings. The molecule has 2 N–H and O–H groups in total. The van der Waals surface area contributed by atoms with E-state index in [2.05, 4.69) is 6.58 Å². The van der Waals surface area contributed by atoms with Crippen LogP contribution in [0.4, 0.5) is 0 Å². The molecule has 0 rings (SSSR count). The Balaban J connectivity index is 4.09. The zero-order valence-electron chi connectivity index (χ0n) is 9.17. The van der Waals surface area contributed by atoms with Gasteiger partial charge < -0.3 is 10.2 Å². The van der Waals surface area contributed by atoms with E-state index in [1.165, 1.54) is 6.08 Å². The Morgan fingerprint density at radius 1 is 1.23 bits per heavy atom. The summed E-state index contributed by atoms with van der Waals surface area (Å²) < 4.78 is 0. The highest BCUT2D eigenvalue weighted by Gasteiger charge is 2.28. The summed E-state index contributed by atoms with van der Waals surface area (Å²) in [7, 11) is 0. The largest absolute Gasteiger partial charge is 0.390 e. The summed E-state index contributed by atoms with van der Waals surface area (Å²) in [6.45, 7) is 11.0. The number of hydrogen-bond acceptors (Lipinski definition) is 2. The number of aliphatic hydroxyl groups is 2. The minimum absolute atomic E-state index is 0.202. The Hall–Kier alpha value is -0.340. The van der Waals surface area contributed by atoms with Crippen molar-refractivity contribution in [2.24, 2.45) is 5.92 Å². The van der Waals surface area contributed by atoms with E-state index < -0.39 is 11.2 Å². The van der Waals surface area contributed by atoms with Gasteiger partial charge in [-0.15, -0.1) is 6.58 Å². The van der Waals surface area contributed by atoms with Crippen molar-refractivity contribution in [1.82, 2.24) is 0 Å². The lowest BCUT2D eigenvalue weighted by atomic mass is 9.84. The van der Waals surface area contributed by atoms with Gasteiger partial charge in [-0.05, 0) is 32.6 Å². The molecule has 0 radical (unpaired) electrons. The molecule has 0 aromatic carbocycles. The quantitative estimate of drug-likeness (QED) is 0.646. The van der Waals surface area contributed by atoms with E-state index in [0.717, 1.165) is 0 Å². The second-order valence-electron chi connectivity index (χ2n) is 4.57. The molecular weight excluding hydrogens is 164 g/mol. The Morgan fingerprint density at radius 2 is 1.69 bits per heavy atom. The first-order valence-corrected chi connectivity index (χ1v) is 4.79. The SMILES string of the molecule is C=CC(C)(O)CCC(C)(O)C(C)C. The Bertz CT molecular complexity index is 169. The van der Waals surface area contributed by atoms with E-state index in [4.69, 9.17) is 0 Å². The van der Waals surface area contributed by atoms with Crippen LogP contribution in [-0.2, 0) is 0 Å². The third kappa shape index (κ3) is 4.44. The Morgan fingerprint density at radius 3 is 2.00 bits per heavy atom. The second kappa shape index (κ2) is 4.25.